The molecule has 1 aliphatic rings. The molecule has 1 saturated carbocycles. The summed E-state index contributed by atoms with van der Waals surface area (Å²) in [7, 11) is 0. The van der Waals surface area contributed by atoms with Gasteiger partial charge in [0.1, 0.15) is 0 Å². The summed E-state index contributed by atoms with van der Waals surface area (Å²) in [6, 6.07) is 4.27. The minimum atomic E-state index is -0.516. The molecule has 0 bridgehead atoms. The molecule has 0 aromatic heterocycles. The van der Waals surface area contributed by atoms with Crippen molar-refractivity contribution in [1.29, 1.82) is 0 Å². The van der Waals surface area contributed by atoms with Gasteiger partial charge in [0.15, 0.2) is 12.5 Å². The van der Waals surface area contributed by atoms with E-state index in [9.17, 15) is 10.1 Å². The predicted octanol–water partition coefficient (Wildman–Crippen LogP) is 1.85. The maximum Gasteiger partial charge on any atom is 0.311 e. The fraction of sp³-hybridized carbons (Fsp3) is 0.500. The quantitative estimate of drug-likeness (QED) is 0.347. The van der Waals surface area contributed by atoms with Crippen LogP contribution in [0.5, 0.6) is 5.75 Å². The lowest BCUT2D eigenvalue weighted by Gasteiger charge is -2.08. The Bertz CT molecular complexity index is 430. The average molecular weight is 253 g/mol. The fourth-order valence-corrected chi connectivity index (χ4v) is 1.53. The molecule has 0 amide bonds. The van der Waals surface area contributed by atoms with Crippen molar-refractivity contribution in [3.63, 3.8) is 0 Å². The summed E-state index contributed by atoms with van der Waals surface area (Å²) in [6.07, 6.45) is 2.36. The van der Waals surface area contributed by atoms with Crippen molar-refractivity contribution >= 4 is 5.69 Å². The van der Waals surface area contributed by atoms with Gasteiger partial charge in [0, 0.05) is 6.07 Å². The fourth-order valence-electron chi connectivity index (χ4n) is 1.53. The summed E-state index contributed by atoms with van der Waals surface area (Å²) in [6.45, 7) is 0.441. The van der Waals surface area contributed by atoms with Crippen molar-refractivity contribution in [3.8, 4) is 5.75 Å². The van der Waals surface area contributed by atoms with Gasteiger partial charge < -0.3 is 14.6 Å². The van der Waals surface area contributed by atoms with Gasteiger partial charge in [0.25, 0.3) is 0 Å². The lowest BCUT2D eigenvalue weighted by atomic mass is 10.2. The van der Waals surface area contributed by atoms with Crippen LogP contribution in [0.2, 0.25) is 0 Å². The minimum absolute atomic E-state index is 0.00772. The van der Waals surface area contributed by atoms with Gasteiger partial charge in [-0.05, 0) is 36.5 Å². The van der Waals surface area contributed by atoms with Crippen molar-refractivity contribution in [3.05, 3.63) is 33.9 Å². The Morgan fingerprint density at radius 2 is 2.22 bits per heavy atom. The third-order valence-electron chi connectivity index (χ3n) is 2.75. The summed E-state index contributed by atoms with van der Waals surface area (Å²) in [5.74, 6) is 0.745. The second kappa shape index (κ2) is 5.79. The molecule has 0 spiro atoms. The van der Waals surface area contributed by atoms with Crippen molar-refractivity contribution < 1.29 is 19.5 Å². The molecule has 1 aromatic rings. The van der Waals surface area contributed by atoms with Crippen molar-refractivity contribution in [1.82, 2.24) is 0 Å². The summed E-state index contributed by atoms with van der Waals surface area (Å²) in [5.41, 5.74) is 0.444. The Hall–Kier alpha value is -1.66. The van der Waals surface area contributed by atoms with Gasteiger partial charge in [-0.15, -0.1) is 0 Å². The first-order chi connectivity index (χ1) is 8.70. The molecule has 0 radical (unpaired) electrons. The smallest absolute Gasteiger partial charge is 0.311 e. The highest BCUT2D eigenvalue weighted by Gasteiger charge is 2.21. The second-order valence-corrected chi connectivity index (χ2v) is 4.29. The van der Waals surface area contributed by atoms with Crippen LogP contribution in [0.25, 0.3) is 0 Å². The normalized spacial score (nSPS) is 14.5. The van der Waals surface area contributed by atoms with Crippen LogP contribution in [0.15, 0.2) is 18.2 Å². The molecule has 0 saturated heterocycles. The number of nitro groups is 1. The van der Waals surface area contributed by atoms with E-state index in [1.807, 2.05) is 0 Å². The third-order valence-corrected chi connectivity index (χ3v) is 2.75. The molecule has 0 atom stereocenters. The minimum Gasteiger partial charge on any atom is -0.460 e. The molecule has 0 aliphatic heterocycles. The van der Waals surface area contributed by atoms with Crippen LogP contribution >= 0.6 is 0 Å². The molecule has 6 heteroatoms. The highest BCUT2D eigenvalue weighted by molar-refractivity contribution is 5.48. The number of nitrogens with zero attached hydrogens (tertiary/aromatic N) is 1. The zero-order valence-corrected chi connectivity index (χ0v) is 9.87. The number of nitro benzene ring substituents is 1. The number of hydrogen-bond donors (Lipinski definition) is 1. The van der Waals surface area contributed by atoms with Crippen LogP contribution < -0.4 is 4.74 Å². The number of aliphatic hydroxyl groups is 1. The first-order valence-corrected chi connectivity index (χ1v) is 5.79. The summed E-state index contributed by atoms with van der Waals surface area (Å²) in [5, 5.41) is 19.8. The van der Waals surface area contributed by atoms with Crippen LogP contribution in [-0.4, -0.2) is 23.4 Å². The van der Waals surface area contributed by atoms with E-state index in [2.05, 4.69) is 0 Å². The topological polar surface area (TPSA) is 81.8 Å². The monoisotopic (exact) mass is 253 g/mol. The SMILES string of the molecule is O=[N+]([O-])c1ccc(CO)cc1OCOCC1CC1. The van der Waals surface area contributed by atoms with E-state index in [0.717, 1.165) is 0 Å². The van der Waals surface area contributed by atoms with Crippen LogP contribution in [0, 0.1) is 16.0 Å². The first kappa shape index (κ1) is 12.8. The molecule has 1 fully saturated rings. The number of rotatable bonds is 7. The molecular weight excluding hydrogens is 238 g/mol. The molecule has 1 N–H and O–H groups in total. The Morgan fingerprint density at radius 1 is 1.44 bits per heavy atom. The van der Waals surface area contributed by atoms with E-state index in [1.54, 1.807) is 0 Å². The lowest BCUT2D eigenvalue weighted by molar-refractivity contribution is -0.386. The van der Waals surface area contributed by atoms with E-state index >= 15 is 0 Å². The van der Waals surface area contributed by atoms with Crippen LogP contribution in [0.4, 0.5) is 5.69 Å². The van der Waals surface area contributed by atoms with Crippen LogP contribution in [0.1, 0.15) is 18.4 Å². The second-order valence-electron chi connectivity index (χ2n) is 4.29. The number of benzene rings is 1. The number of aliphatic hydroxyl groups excluding tert-OH is 1. The van der Waals surface area contributed by atoms with Crippen molar-refractivity contribution in [2.45, 2.75) is 19.4 Å². The Kier molecular flexibility index (Phi) is 4.11. The average Bonchev–Trinajstić information content (AvgIpc) is 3.18. The van der Waals surface area contributed by atoms with Crippen LogP contribution in [-0.2, 0) is 11.3 Å². The van der Waals surface area contributed by atoms with Gasteiger partial charge in [-0.1, -0.05) is 0 Å². The molecule has 1 aliphatic carbocycles. The highest BCUT2D eigenvalue weighted by atomic mass is 16.7. The summed E-state index contributed by atoms with van der Waals surface area (Å²) < 4.78 is 10.5. The zero-order valence-electron chi connectivity index (χ0n) is 9.87. The third kappa shape index (κ3) is 3.41. The van der Waals surface area contributed by atoms with E-state index in [4.69, 9.17) is 14.6 Å². The van der Waals surface area contributed by atoms with E-state index in [-0.39, 0.29) is 24.8 Å². The number of hydrogen-bond acceptors (Lipinski definition) is 5. The van der Waals surface area contributed by atoms with Crippen LogP contribution in [0.3, 0.4) is 0 Å². The molecule has 2 rings (SSSR count). The van der Waals surface area contributed by atoms with Gasteiger partial charge in [0.05, 0.1) is 18.1 Å². The Morgan fingerprint density at radius 3 is 2.83 bits per heavy atom. The molecule has 98 valence electrons. The molecule has 6 nitrogen and oxygen atoms in total. The molecular formula is C12H15NO5. The van der Waals surface area contributed by atoms with Gasteiger partial charge in [0.2, 0.25) is 0 Å². The van der Waals surface area contributed by atoms with Gasteiger partial charge in [-0.3, -0.25) is 10.1 Å². The summed E-state index contributed by atoms with van der Waals surface area (Å²) >= 11 is 0. The predicted molar refractivity (Wildman–Crippen MR) is 63.2 cm³/mol. The van der Waals surface area contributed by atoms with E-state index in [1.165, 1.54) is 31.0 Å². The Labute approximate surface area is 104 Å². The first-order valence-electron chi connectivity index (χ1n) is 5.79. The standard InChI is InChI=1S/C12H15NO5/c14-6-10-3-4-11(13(15)16)12(5-10)18-8-17-7-9-1-2-9/h3-5,9,14H,1-2,6-8H2. The van der Waals surface area contributed by atoms with Crippen molar-refractivity contribution in [2.24, 2.45) is 5.92 Å². The summed E-state index contributed by atoms with van der Waals surface area (Å²) in [4.78, 5) is 10.3. The van der Waals surface area contributed by atoms with E-state index in [0.29, 0.717) is 18.1 Å². The Balaban J connectivity index is 1.95. The van der Waals surface area contributed by atoms with Gasteiger partial charge >= 0.3 is 5.69 Å². The van der Waals surface area contributed by atoms with Gasteiger partial charge in [-0.2, -0.15) is 0 Å². The maximum absolute atomic E-state index is 10.8. The van der Waals surface area contributed by atoms with Crippen molar-refractivity contribution in [2.75, 3.05) is 13.4 Å². The van der Waals surface area contributed by atoms with E-state index < -0.39 is 4.92 Å². The molecule has 0 unspecified atom stereocenters. The molecule has 1 aromatic carbocycles. The zero-order chi connectivity index (χ0) is 13.0. The highest BCUT2D eigenvalue weighted by Crippen LogP contribution is 2.30. The molecule has 0 heterocycles. The molecule has 18 heavy (non-hydrogen) atoms. The number of ether oxygens (including phenoxy) is 2. The van der Waals surface area contributed by atoms with Gasteiger partial charge in [-0.25, -0.2) is 0 Å². The largest absolute Gasteiger partial charge is 0.460 e. The maximum atomic E-state index is 10.8. The lowest BCUT2D eigenvalue weighted by Crippen LogP contribution is -2.07.